The summed E-state index contributed by atoms with van der Waals surface area (Å²) >= 11 is 5.84. The van der Waals surface area contributed by atoms with Gasteiger partial charge in [0.2, 0.25) is 0 Å². The molecule has 1 amide bonds. The number of esters is 1. The predicted octanol–water partition coefficient (Wildman–Crippen LogP) is 3.05. The molecule has 2 rings (SSSR count). The number of nitro benzene ring substituents is 1. The maximum absolute atomic E-state index is 12.0. The van der Waals surface area contributed by atoms with E-state index in [2.05, 4.69) is 5.32 Å². The van der Waals surface area contributed by atoms with Gasteiger partial charge < -0.3 is 14.8 Å². The van der Waals surface area contributed by atoms with E-state index >= 15 is 0 Å². The normalized spacial score (nSPS) is 10.0. The molecule has 0 aliphatic heterocycles. The Morgan fingerprint density at radius 1 is 1.24 bits per heavy atom. The molecule has 8 nitrogen and oxygen atoms in total. The van der Waals surface area contributed by atoms with Crippen LogP contribution in [0.3, 0.4) is 0 Å². The van der Waals surface area contributed by atoms with Crippen LogP contribution in [0.1, 0.15) is 10.4 Å². The van der Waals surface area contributed by atoms with E-state index < -0.39 is 23.4 Å². The number of nitro groups is 1. The average molecular weight is 365 g/mol. The topological polar surface area (TPSA) is 108 Å². The van der Waals surface area contributed by atoms with Crippen LogP contribution in [0, 0.1) is 10.1 Å². The predicted molar refractivity (Wildman–Crippen MR) is 90.0 cm³/mol. The lowest BCUT2D eigenvalue weighted by Gasteiger charge is -2.10. The standard InChI is InChI=1S/C16H13ClN2O6/c1-24-14-5-3-2-4-13(14)18-15(20)9-25-16(21)11-8-10(19(22)23)6-7-12(11)17/h2-8H,9H2,1H3,(H,18,20). The lowest BCUT2D eigenvalue weighted by Crippen LogP contribution is -2.21. The molecule has 0 aromatic heterocycles. The van der Waals surface area contributed by atoms with Crippen molar-refractivity contribution in [1.82, 2.24) is 0 Å². The molecule has 0 aliphatic carbocycles. The second kappa shape index (κ2) is 8.11. The molecular formula is C16H13ClN2O6. The van der Waals surface area contributed by atoms with Gasteiger partial charge in [0.15, 0.2) is 6.61 Å². The number of non-ortho nitro benzene ring substituents is 1. The number of hydrogen-bond acceptors (Lipinski definition) is 6. The first-order chi connectivity index (χ1) is 11.9. The number of hydrogen-bond donors (Lipinski definition) is 1. The summed E-state index contributed by atoms with van der Waals surface area (Å²) in [6, 6.07) is 10.1. The van der Waals surface area contributed by atoms with Crippen LogP contribution in [0.2, 0.25) is 5.02 Å². The van der Waals surface area contributed by atoms with Crippen LogP contribution in [0.25, 0.3) is 0 Å². The molecule has 0 aliphatic rings. The molecule has 0 atom stereocenters. The first-order valence-corrected chi connectivity index (χ1v) is 7.34. The summed E-state index contributed by atoms with van der Waals surface area (Å²) in [6.45, 7) is -0.587. The summed E-state index contributed by atoms with van der Waals surface area (Å²) in [5, 5.41) is 13.3. The molecule has 130 valence electrons. The number of para-hydroxylation sites is 2. The number of methoxy groups -OCH3 is 1. The maximum Gasteiger partial charge on any atom is 0.340 e. The average Bonchev–Trinajstić information content (AvgIpc) is 2.60. The molecule has 2 aromatic carbocycles. The Morgan fingerprint density at radius 3 is 2.64 bits per heavy atom. The number of nitrogens with one attached hydrogen (secondary N) is 1. The molecule has 0 fully saturated rings. The Labute approximate surface area is 147 Å². The van der Waals surface area contributed by atoms with Crippen LogP contribution in [-0.2, 0) is 9.53 Å². The zero-order chi connectivity index (χ0) is 18.4. The van der Waals surface area contributed by atoms with Crippen molar-refractivity contribution in [2.24, 2.45) is 0 Å². The highest BCUT2D eigenvalue weighted by molar-refractivity contribution is 6.33. The number of halogens is 1. The molecule has 9 heteroatoms. The fourth-order valence-electron chi connectivity index (χ4n) is 1.93. The van der Waals surface area contributed by atoms with Crippen molar-refractivity contribution < 1.29 is 24.0 Å². The van der Waals surface area contributed by atoms with Crippen LogP contribution in [-0.4, -0.2) is 30.5 Å². The van der Waals surface area contributed by atoms with Crippen molar-refractivity contribution in [2.75, 3.05) is 19.0 Å². The van der Waals surface area contributed by atoms with E-state index in [1.807, 2.05) is 0 Å². The molecule has 2 aromatic rings. The fourth-order valence-corrected chi connectivity index (χ4v) is 2.12. The summed E-state index contributed by atoms with van der Waals surface area (Å²) in [5.41, 5.74) is -0.0878. The Morgan fingerprint density at radius 2 is 1.96 bits per heavy atom. The molecule has 0 bridgehead atoms. The van der Waals surface area contributed by atoms with E-state index in [4.69, 9.17) is 21.1 Å². The van der Waals surface area contributed by atoms with E-state index in [0.29, 0.717) is 11.4 Å². The third kappa shape index (κ3) is 4.67. The molecule has 0 radical (unpaired) electrons. The SMILES string of the molecule is COc1ccccc1NC(=O)COC(=O)c1cc([N+](=O)[O-])ccc1Cl. The second-order valence-corrected chi connectivity index (χ2v) is 5.15. The number of benzene rings is 2. The van der Waals surface area contributed by atoms with Crippen LogP contribution in [0.4, 0.5) is 11.4 Å². The van der Waals surface area contributed by atoms with E-state index in [-0.39, 0.29) is 16.3 Å². The third-order valence-electron chi connectivity index (χ3n) is 3.10. The van der Waals surface area contributed by atoms with Crippen LogP contribution >= 0.6 is 11.6 Å². The van der Waals surface area contributed by atoms with Crippen molar-refractivity contribution in [3.63, 3.8) is 0 Å². The first kappa shape index (κ1) is 18.2. The zero-order valence-electron chi connectivity index (χ0n) is 13.0. The van der Waals surface area contributed by atoms with E-state index in [1.54, 1.807) is 24.3 Å². The number of carbonyl (C=O) groups excluding carboxylic acids is 2. The highest BCUT2D eigenvalue weighted by Crippen LogP contribution is 2.24. The third-order valence-corrected chi connectivity index (χ3v) is 3.43. The molecule has 0 unspecified atom stereocenters. The van der Waals surface area contributed by atoms with Gasteiger partial charge in [-0.3, -0.25) is 14.9 Å². The van der Waals surface area contributed by atoms with Gasteiger partial charge in [0.25, 0.3) is 11.6 Å². The summed E-state index contributed by atoms with van der Waals surface area (Å²) < 4.78 is 9.94. The Balaban J connectivity index is 2.01. The van der Waals surface area contributed by atoms with E-state index in [9.17, 15) is 19.7 Å². The fraction of sp³-hybridized carbons (Fsp3) is 0.125. The van der Waals surface area contributed by atoms with Gasteiger partial charge in [-0.15, -0.1) is 0 Å². The summed E-state index contributed by atoms with van der Waals surface area (Å²) in [7, 11) is 1.45. The van der Waals surface area contributed by atoms with E-state index in [1.165, 1.54) is 13.2 Å². The number of ether oxygens (including phenoxy) is 2. The first-order valence-electron chi connectivity index (χ1n) is 6.96. The number of nitrogens with zero attached hydrogens (tertiary/aromatic N) is 1. The van der Waals surface area contributed by atoms with Crippen LogP contribution in [0.5, 0.6) is 5.75 Å². The monoisotopic (exact) mass is 364 g/mol. The number of rotatable bonds is 6. The largest absolute Gasteiger partial charge is 0.495 e. The van der Waals surface area contributed by atoms with Gasteiger partial charge in [-0.05, 0) is 18.2 Å². The Kier molecular flexibility index (Phi) is 5.91. The van der Waals surface area contributed by atoms with Crippen LogP contribution < -0.4 is 10.1 Å². The molecule has 25 heavy (non-hydrogen) atoms. The zero-order valence-corrected chi connectivity index (χ0v) is 13.8. The molecule has 0 saturated carbocycles. The number of carbonyl (C=O) groups is 2. The number of amides is 1. The highest BCUT2D eigenvalue weighted by atomic mass is 35.5. The minimum atomic E-state index is -0.941. The molecular weight excluding hydrogens is 352 g/mol. The second-order valence-electron chi connectivity index (χ2n) is 4.75. The summed E-state index contributed by atoms with van der Waals surface area (Å²) in [6.07, 6.45) is 0. The minimum absolute atomic E-state index is 0.0132. The number of anilines is 1. The van der Waals surface area contributed by atoms with Crippen molar-refractivity contribution in [2.45, 2.75) is 0 Å². The lowest BCUT2D eigenvalue weighted by molar-refractivity contribution is -0.384. The van der Waals surface area contributed by atoms with Crippen molar-refractivity contribution in [3.05, 3.63) is 63.2 Å². The van der Waals surface area contributed by atoms with Crippen LogP contribution in [0.15, 0.2) is 42.5 Å². The van der Waals surface area contributed by atoms with Gasteiger partial charge in [-0.2, -0.15) is 0 Å². The molecule has 0 spiro atoms. The molecule has 0 heterocycles. The Bertz CT molecular complexity index is 824. The smallest absolute Gasteiger partial charge is 0.340 e. The van der Waals surface area contributed by atoms with E-state index in [0.717, 1.165) is 12.1 Å². The molecule has 0 saturated heterocycles. The molecule has 1 N–H and O–H groups in total. The quantitative estimate of drug-likeness (QED) is 0.479. The van der Waals surface area contributed by atoms with Gasteiger partial charge in [0.05, 0.1) is 28.3 Å². The van der Waals surface area contributed by atoms with Crippen molar-refractivity contribution in [3.8, 4) is 5.75 Å². The van der Waals surface area contributed by atoms with Gasteiger partial charge >= 0.3 is 5.97 Å². The van der Waals surface area contributed by atoms with Crippen molar-refractivity contribution >= 4 is 34.9 Å². The van der Waals surface area contributed by atoms with Gasteiger partial charge in [-0.1, -0.05) is 23.7 Å². The lowest BCUT2D eigenvalue weighted by atomic mass is 10.2. The van der Waals surface area contributed by atoms with Gasteiger partial charge in [-0.25, -0.2) is 4.79 Å². The van der Waals surface area contributed by atoms with Gasteiger partial charge in [0.1, 0.15) is 5.75 Å². The van der Waals surface area contributed by atoms with Crippen molar-refractivity contribution in [1.29, 1.82) is 0 Å². The maximum atomic E-state index is 12.0. The summed E-state index contributed by atoms with van der Waals surface area (Å²) in [4.78, 5) is 34.0. The van der Waals surface area contributed by atoms with Gasteiger partial charge in [0, 0.05) is 12.1 Å². The summed E-state index contributed by atoms with van der Waals surface area (Å²) in [5.74, 6) is -1.09. The highest BCUT2D eigenvalue weighted by Gasteiger charge is 2.18. The minimum Gasteiger partial charge on any atom is -0.495 e. The Hall–Kier alpha value is -3.13.